The summed E-state index contributed by atoms with van der Waals surface area (Å²) in [5.41, 5.74) is 0. The van der Waals surface area contributed by atoms with Gasteiger partial charge in [0.1, 0.15) is 6.10 Å². The van der Waals surface area contributed by atoms with Crippen LogP contribution >= 0.6 is 0 Å². The first kappa shape index (κ1) is 7.53. The van der Waals surface area contributed by atoms with E-state index in [4.69, 9.17) is 14.6 Å². The number of fused-ring (bicyclic) bond motifs is 2. The van der Waals surface area contributed by atoms with Crippen LogP contribution in [0.2, 0.25) is 0 Å². The molecule has 3 nitrogen and oxygen atoms in total. The van der Waals surface area contributed by atoms with E-state index in [9.17, 15) is 0 Å². The molecule has 2 heterocycles. The molecule has 0 radical (unpaired) electrons. The van der Waals surface area contributed by atoms with E-state index in [-0.39, 0.29) is 18.8 Å². The molecule has 0 saturated carbocycles. The molecule has 2 aliphatic heterocycles. The van der Waals surface area contributed by atoms with E-state index in [1.54, 1.807) is 0 Å². The van der Waals surface area contributed by atoms with Crippen LogP contribution in [-0.4, -0.2) is 29.7 Å². The number of aliphatic hydroxyl groups is 1. The Balaban J connectivity index is 2.10. The number of hydrogen-bond donors (Lipinski definition) is 1. The van der Waals surface area contributed by atoms with Crippen molar-refractivity contribution in [1.82, 2.24) is 0 Å². The van der Waals surface area contributed by atoms with E-state index in [0.29, 0.717) is 0 Å². The van der Waals surface area contributed by atoms with E-state index in [0.717, 1.165) is 19.3 Å². The third-order valence-corrected chi connectivity index (χ3v) is 2.52. The fourth-order valence-corrected chi connectivity index (χ4v) is 1.96. The average molecular weight is 158 g/mol. The lowest BCUT2D eigenvalue weighted by Gasteiger charge is -2.26. The van der Waals surface area contributed by atoms with Crippen molar-refractivity contribution >= 4 is 0 Å². The Labute approximate surface area is 66.3 Å². The molecule has 2 fully saturated rings. The molecule has 3 atom stereocenters. The molecular weight excluding hydrogens is 144 g/mol. The topological polar surface area (TPSA) is 38.7 Å². The van der Waals surface area contributed by atoms with Gasteiger partial charge in [-0.1, -0.05) is 0 Å². The summed E-state index contributed by atoms with van der Waals surface area (Å²) in [6.07, 6.45) is 3.19. The van der Waals surface area contributed by atoms with Crippen molar-refractivity contribution in [3.05, 3.63) is 0 Å². The Morgan fingerprint density at radius 3 is 3.00 bits per heavy atom. The summed E-state index contributed by atoms with van der Waals surface area (Å²) in [6.45, 7) is 2.04. The van der Waals surface area contributed by atoms with Gasteiger partial charge in [0, 0.05) is 6.42 Å². The second kappa shape index (κ2) is 2.44. The molecule has 1 N–H and O–H groups in total. The third-order valence-electron chi connectivity index (χ3n) is 2.52. The van der Waals surface area contributed by atoms with E-state index in [1.165, 1.54) is 0 Å². The van der Waals surface area contributed by atoms with Gasteiger partial charge in [0.05, 0.1) is 12.7 Å². The predicted octanol–water partition coefficient (Wildman–Crippen LogP) is 0.663. The van der Waals surface area contributed by atoms with Gasteiger partial charge in [-0.2, -0.15) is 0 Å². The van der Waals surface area contributed by atoms with E-state index < -0.39 is 5.79 Å². The summed E-state index contributed by atoms with van der Waals surface area (Å²) in [6, 6.07) is 0. The average Bonchev–Trinajstić information content (AvgIpc) is 2.21. The lowest BCUT2D eigenvalue weighted by molar-refractivity contribution is -0.180. The van der Waals surface area contributed by atoms with E-state index in [2.05, 4.69) is 0 Å². The normalized spacial score (nSPS) is 49.6. The zero-order valence-corrected chi connectivity index (χ0v) is 6.75. The summed E-state index contributed by atoms with van der Waals surface area (Å²) in [5, 5.41) is 8.92. The van der Waals surface area contributed by atoms with Crippen LogP contribution in [0.3, 0.4) is 0 Å². The standard InChI is InChI=1S/C8H14O3/c1-8-4-2-3-6(10-8)7(5-9)11-8/h6-7,9H,2-5H2,1H3/t6-,7-,8?/m1/s1. The van der Waals surface area contributed by atoms with Crippen molar-refractivity contribution in [2.24, 2.45) is 0 Å². The number of aliphatic hydroxyl groups excluding tert-OH is 1. The molecule has 0 amide bonds. The Bertz CT molecular complexity index is 159. The molecule has 2 saturated heterocycles. The Morgan fingerprint density at radius 2 is 2.36 bits per heavy atom. The van der Waals surface area contributed by atoms with Gasteiger partial charge in [-0.15, -0.1) is 0 Å². The molecule has 2 bridgehead atoms. The highest BCUT2D eigenvalue weighted by Gasteiger charge is 2.46. The first-order valence-corrected chi connectivity index (χ1v) is 4.20. The van der Waals surface area contributed by atoms with Gasteiger partial charge in [-0.05, 0) is 19.8 Å². The van der Waals surface area contributed by atoms with E-state index in [1.807, 2.05) is 6.92 Å². The lowest BCUT2D eigenvalue weighted by Crippen LogP contribution is -2.30. The highest BCUT2D eigenvalue weighted by Crippen LogP contribution is 2.39. The number of ether oxygens (including phenoxy) is 2. The van der Waals surface area contributed by atoms with Crippen LogP contribution < -0.4 is 0 Å². The van der Waals surface area contributed by atoms with Gasteiger partial charge in [-0.3, -0.25) is 0 Å². The van der Waals surface area contributed by atoms with Gasteiger partial charge < -0.3 is 14.6 Å². The van der Waals surface area contributed by atoms with Crippen molar-refractivity contribution in [3.63, 3.8) is 0 Å². The molecule has 0 aliphatic carbocycles. The van der Waals surface area contributed by atoms with Crippen LogP contribution in [0.4, 0.5) is 0 Å². The maximum absolute atomic E-state index is 8.92. The van der Waals surface area contributed by atoms with Gasteiger partial charge in [0.15, 0.2) is 5.79 Å². The van der Waals surface area contributed by atoms with Crippen LogP contribution in [0.1, 0.15) is 26.2 Å². The molecule has 3 heteroatoms. The van der Waals surface area contributed by atoms with Gasteiger partial charge in [0.2, 0.25) is 0 Å². The van der Waals surface area contributed by atoms with Gasteiger partial charge >= 0.3 is 0 Å². The molecular formula is C8H14O3. The summed E-state index contributed by atoms with van der Waals surface area (Å²) < 4.78 is 11.2. The largest absolute Gasteiger partial charge is 0.394 e. The molecule has 0 aromatic heterocycles. The number of rotatable bonds is 1. The summed E-state index contributed by atoms with van der Waals surface area (Å²) >= 11 is 0. The summed E-state index contributed by atoms with van der Waals surface area (Å²) in [5.74, 6) is -0.393. The zero-order valence-electron chi connectivity index (χ0n) is 6.75. The van der Waals surface area contributed by atoms with Crippen molar-refractivity contribution in [2.75, 3.05) is 6.61 Å². The number of hydrogen-bond acceptors (Lipinski definition) is 3. The monoisotopic (exact) mass is 158 g/mol. The minimum absolute atomic E-state index is 0.0810. The summed E-state index contributed by atoms with van der Waals surface area (Å²) in [4.78, 5) is 0. The third kappa shape index (κ3) is 1.17. The molecule has 2 rings (SSSR count). The first-order chi connectivity index (χ1) is 5.23. The van der Waals surface area contributed by atoms with Crippen LogP contribution in [0.5, 0.6) is 0 Å². The molecule has 1 unspecified atom stereocenters. The zero-order chi connectivity index (χ0) is 7.90. The summed E-state index contributed by atoms with van der Waals surface area (Å²) in [7, 11) is 0. The Hall–Kier alpha value is -0.120. The second-order valence-electron chi connectivity index (χ2n) is 3.52. The second-order valence-corrected chi connectivity index (χ2v) is 3.52. The Morgan fingerprint density at radius 1 is 1.55 bits per heavy atom. The van der Waals surface area contributed by atoms with Crippen molar-refractivity contribution in [3.8, 4) is 0 Å². The molecule has 64 valence electrons. The SMILES string of the molecule is CC12CCC[C@@H](O1)[C@@H](CO)O2. The molecule has 2 aliphatic rings. The predicted molar refractivity (Wildman–Crippen MR) is 39.1 cm³/mol. The van der Waals surface area contributed by atoms with Gasteiger partial charge in [0.25, 0.3) is 0 Å². The van der Waals surface area contributed by atoms with Crippen molar-refractivity contribution < 1.29 is 14.6 Å². The fraction of sp³-hybridized carbons (Fsp3) is 1.00. The highest BCUT2D eigenvalue weighted by molar-refractivity contribution is 4.87. The van der Waals surface area contributed by atoms with Crippen LogP contribution in [0, 0.1) is 0 Å². The van der Waals surface area contributed by atoms with Crippen LogP contribution in [0.15, 0.2) is 0 Å². The first-order valence-electron chi connectivity index (χ1n) is 4.20. The van der Waals surface area contributed by atoms with Crippen molar-refractivity contribution in [2.45, 2.75) is 44.2 Å². The van der Waals surface area contributed by atoms with Crippen molar-refractivity contribution in [1.29, 1.82) is 0 Å². The minimum atomic E-state index is -0.393. The molecule has 0 aromatic carbocycles. The maximum Gasteiger partial charge on any atom is 0.166 e. The minimum Gasteiger partial charge on any atom is -0.394 e. The van der Waals surface area contributed by atoms with Gasteiger partial charge in [-0.25, -0.2) is 0 Å². The highest BCUT2D eigenvalue weighted by atomic mass is 16.8. The van der Waals surface area contributed by atoms with E-state index >= 15 is 0 Å². The van der Waals surface area contributed by atoms with Crippen LogP contribution in [-0.2, 0) is 9.47 Å². The lowest BCUT2D eigenvalue weighted by atomic mass is 10.0. The molecule has 11 heavy (non-hydrogen) atoms. The quantitative estimate of drug-likeness (QED) is 0.609. The fourth-order valence-electron chi connectivity index (χ4n) is 1.96. The maximum atomic E-state index is 8.92. The molecule has 0 aromatic rings. The molecule has 0 spiro atoms. The van der Waals surface area contributed by atoms with Crippen LogP contribution in [0.25, 0.3) is 0 Å². The Kier molecular flexibility index (Phi) is 1.67. The smallest absolute Gasteiger partial charge is 0.166 e.